The molecule has 196 valence electrons. The van der Waals surface area contributed by atoms with Crippen LogP contribution in [0.5, 0.6) is 11.6 Å². The molecule has 39 heavy (non-hydrogen) atoms. The lowest BCUT2D eigenvalue weighted by molar-refractivity contribution is -0.127. The number of carbonyl (C=O) groups excluding carboxylic acids is 3. The van der Waals surface area contributed by atoms with E-state index in [9.17, 15) is 18.8 Å². The number of anilines is 1. The van der Waals surface area contributed by atoms with Crippen LogP contribution in [-0.2, 0) is 9.59 Å². The molecule has 2 heterocycles. The highest BCUT2D eigenvalue weighted by atomic mass is 35.5. The van der Waals surface area contributed by atoms with Gasteiger partial charge in [0.25, 0.3) is 17.0 Å². The van der Waals surface area contributed by atoms with Crippen LogP contribution in [0.25, 0.3) is 16.8 Å². The number of nitrogens with zero attached hydrogens (tertiary/aromatic N) is 3. The predicted octanol–water partition coefficient (Wildman–Crippen LogP) is 6.51. The monoisotopic (exact) mass is 562 g/mol. The molecule has 1 saturated heterocycles. The fourth-order valence-electron chi connectivity index (χ4n) is 4.01. The zero-order valence-electron chi connectivity index (χ0n) is 20.7. The highest BCUT2D eigenvalue weighted by Gasteiger charge is 2.36. The van der Waals surface area contributed by atoms with E-state index in [2.05, 4.69) is 15.3 Å². The summed E-state index contributed by atoms with van der Waals surface area (Å²) in [5.41, 5.74) is 2.92. The normalized spacial score (nSPS) is 14.4. The molecule has 0 radical (unpaired) electrons. The van der Waals surface area contributed by atoms with Crippen molar-refractivity contribution in [1.82, 2.24) is 14.9 Å². The van der Waals surface area contributed by atoms with E-state index in [-0.39, 0.29) is 15.9 Å². The Labute approximate surface area is 231 Å². The molecule has 1 aromatic heterocycles. The van der Waals surface area contributed by atoms with E-state index in [4.69, 9.17) is 16.3 Å². The number of amides is 3. The third-order valence-corrected chi connectivity index (χ3v) is 7.24. The number of hydrogen-bond acceptors (Lipinski definition) is 7. The Morgan fingerprint density at radius 2 is 1.92 bits per heavy atom. The van der Waals surface area contributed by atoms with Gasteiger partial charge in [0.1, 0.15) is 12.3 Å². The summed E-state index contributed by atoms with van der Waals surface area (Å²) in [7, 11) is 0. The molecule has 1 aliphatic heterocycles. The summed E-state index contributed by atoms with van der Waals surface area (Å²) in [6.45, 7) is 3.35. The Kier molecular flexibility index (Phi) is 7.32. The standard InChI is InChI=1S/C28H20ClFN4O4S/c1-15-6-5-9-21(16(15)2)32-24(35)14-34-26(36)23(39-28(34)37)12-19-18-8-4-3-7-17(18)10-11-22(19)38-25-20(30)13-31-27(29)33-25/h3-13H,14H2,1-2H3,(H,32,35)/b23-12+. The van der Waals surface area contributed by atoms with Crippen molar-refractivity contribution in [2.24, 2.45) is 0 Å². The Hall–Kier alpha value is -4.28. The lowest BCUT2D eigenvalue weighted by Gasteiger charge is -2.14. The van der Waals surface area contributed by atoms with E-state index in [1.807, 2.05) is 38.1 Å². The Bertz CT molecular complexity index is 1690. The zero-order valence-corrected chi connectivity index (χ0v) is 22.3. The van der Waals surface area contributed by atoms with E-state index < -0.39 is 35.3 Å². The summed E-state index contributed by atoms with van der Waals surface area (Å²) in [5, 5.41) is 3.49. The minimum Gasteiger partial charge on any atom is -0.436 e. The molecule has 1 N–H and O–H groups in total. The van der Waals surface area contributed by atoms with Gasteiger partial charge in [0.2, 0.25) is 17.0 Å². The minimum absolute atomic E-state index is 0.0851. The van der Waals surface area contributed by atoms with Gasteiger partial charge >= 0.3 is 0 Å². The number of rotatable bonds is 6. The maximum atomic E-state index is 14.3. The lowest BCUT2D eigenvalue weighted by Crippen LogP contribution is -2.36. The first-order valence-electron chi connectivity index (χ1n) is 11.7. The van der Waals surface area contributed by atoms with Crippen molar-refractivity contribution in [3.8, 4) is 11.6 Å². The number of fused-ring (bicyclic) bond motifs is 1. The van der Waals surface area contributed by atoms with Gasteiger partial charge in [-0.1, -0.05) is 42.5 Å². The molecular weight excluding hydrogens is 543 g/mol. The lowest BCUT2D eigenvalue weighted by atomic mass is 10.0. The van der Waals surface area contributed by atoms with E-state index in [0.717, 1.165) is 27.6 Å². The average molecular weight is 563 g/mol. The van der Waals surface area contributed by atoms with Crippen molar-refractivity contribution in [2.75, 3.05) is 11.9 Å². The molecule has 0 saturated carbocycles. The summed E-state index contributed by atoms with van der Waals surface area (Å²) in [6, 6.07) is 16.2. The smallest absolute Gasteiger partial charge is 0.294 e. The molecule has 0 atom stereocenters. The third-order valence-electron chi connectivity index (χ3n) is 6.15. The molecule has 3 aromatic carbocycles. The predicted molar refractivity (Wildman–Crippen MR) is 148 cm³/mol. The molecule has 4 aromatic rings. The molecule has 5 rings (SSSR count). The van der Waals surface area contributed by atoms with Crippen LogP contribution in [0.2, 0.25) is 5.28 Å². The summed E-state index contributed by atoms with van der Waals surface area (Å²) >= 11 is 6.51. The number of aromatic nitrogens is 2. The molecule has 8 nitrogen and oxygen atoms in total. The highest BCUT2D eigenvalue weighted by molar-refractivity contribution is 8.18. The number of nitrogens with one attached hydrogen (secondary N) is 1. The van der Waals surface area contributed by atoms with Crippen molar-refractivity contribution in [3.05, 3.63) is 93.5 Å². The minimum atomic E-state index is -0.825. The number of carbonyl (C=O) groups is 3. The molecule has 0 aliphatic carbocycles. The first-order chi connectivity index (χ1) is 18.7. The van der Waals surface area contributed by atoms with E-state index >= 15 is 0 Å². The summed E-state index contributed by atoms with van der Waals surface area (Å²) in [5.74, 6) is -2.17. The van der Waals surface area contributed by atoms with Gasteiger partial charge in [-0.3, -0.25) is 19.3 Å². The van der Waals surface area contributed by atoms with E-state index in [1.165, 1.54) is 6.08 Å². The SMILES string of the molecule is Cc1cccc(NC(=O)CN2C(=O)S/C(=C/c3c(Oc4nc(Cl)ncc4F)ccc4ccccc34)C2=O)c1C. The van der Waals surface area contributed by atoms with Crippen LogP contribution in [0.1, 0.15) is 16.7 Å². The maximum Gasteiger partial charge on any atom is 0.294 e. The number of hydrogen-bond donors (Lipinski definition) is 1. The number of imide groups is 1. The molecule has 11 heteroatoms. The van der Waals surface area contributed by atoms with Gasteiger partial charge in [-0.2, -0.15) is 9.37 Å². The second-order valence-electron chi connectivity index (χ2n) is 8.66. The number of thioether (sulfide) groups is 1. The van der Waals surface area contributed by atoms with Crippen LogP contribution in [0.3, 0.4) is 0 Å². The summed E-state index contributed by atoms with van der Waals surface area (Å²) in [4.78, 5) is 47.0. The largest absolute Gasteiger partial charge is 0.436 e. The van der Waals surface area contributed by atoms with Gasteiger partial charge in [-0.05, 0) is 77.3 Å². The Morgan fingerprint density at radius 1 is 1.13 bits per heavy atom. The summed E-state index contributed by atoms with van der Waals surface area (Å²) < 4.78 is 20.1. The van der Waals surface area contributed by atoms with Gasteiger partial charge in [0.15, 0.2) is 0 Å². The molecule has 1 aliphatic rings. The van der Waals surface area contributed by atoms with Gasteiger partial charge in [0, 0.05) is 11.3 Å². The first kappa shape index (κ1) is 26.3. The molecule has 3 amide bonds. The van der Waals surface area contributed by atoms with Crippen molar-refractivity contribution in [1.29, 1.82) is 0 Å². The van der Waals surface area contributed by atoms with Gasteiger partial charge in [-0.15, -0.1) is 0 Å². The van der Waals surface area contributed by atoms with Crippen molar-refractivity contribution in [2.45, 2.75) is 13.8 Å². The maximum absolute atomic E-state index is 14.3. The highest BCUT2D eigenvalue weighted by Crippen LogP contribution is 2.38. The van der Waals surface area contributed by atoms with Crippen LogP contribution in [0.4, 0.5) is 14.9 Å². The second kappa shape index (κ2) is 10.8. The van der Waals surface area contributed by atoms with Gasteiger partial charge < -0.3 is 10.1 Å². The fraction of sp³-hybridized carbons (Fsp3) is 0.107. The third kappa shape index (κ3) is 5.47. The van der Waals surface area contributed by atoms with Crippen LogP contribution in [0, 0.1) is 19.7 Å². The van der Waals surface area contributed by atoms with Crippen molar-refractivity contribution in [3.63, 3.8) is 0 Å². The molecule has 1 fully saturated rings. The summed E-state index contributed by atoms with van der Waals surface area (Å²) in [6.07, 6.45) is 2.38. The topological polar surface area (TPSA) is 101 Å². The van der Waals surface area contributed by atoms with Gasteiger partial charge in [-0.25, -0.2) is 4.98 Å². The van der Waals surface area contributed by atoms with Crippen LogP contribution >= 0.6 is 23.4 Å². The van der Waals surface area contributed by atoms with Crippen LogP contribution < -0.4 is 10.1 Å². The fourth-order valence-corrected chi connectivity index (χ4v) is 4.95. The first-order valence-corrected chi connectivity index (χ1v) is 12.9. The second-order valence-corrected chi connectivity index (χ2v) is 9.99. The van der Waals surface area contributed by atoms with Gasteiger partial charge in [0.05, 0.1) is 11.1 Å². The molecular formula is C28H20ClFN4O4S. The van der Waals surface area contributed by atoms with Crippen molar-refractivity contribution >= 4 is 63.0 Å². The van der Waals surface area contributed by atoms with Crippen LogP contribution in [-0.4, -0.2) is 38.5 Å². The molecule has 0 spiro atoms. The molecule has 0 unspecified atom stereocenters. The van der Waals surface area contributed by atoms with Crippen molar-refractivity contribution < 1.29 is 23.5 Å². The average Bonchev–Trinajstić information content (AvgIpc) is 3.17. The Morgan fingerprint density at radius 3 is 2.74 bits per heavy atom. The zero-order chi connectivity index (χ0) is 27.7. The number of aryl methyl sites for hydroxylation is 1. The Balaban J connectivity index is 1.45. The quantitative estimate of drug-likeness (QED) is 0.211. The van der Waals surface area contributed by atoms with Crippen LogP contribution in [0.15, 0.2) is 65.7 Å². The van der Waals surface area contributed by atoms with E-state index in [0.29, 0.717) is 28.4 Å². The van der Waals surface area contributed by atoms with E-state index in [1.54, 1.807) is 30.3 Å². The number of halogens is 2. The number of ether oxygens (including phenoxy) is 1. The molecule has 0 bridgehead atoms. The number of benzene rings is 3.